The lowest BCUT2D eigenvalue weighted by molar-refractivity contribution is -0.137. The molecule has 0 aliphatic carbocycles. The zero-order valence-electron chi connectivity index (χ0n) is 8.40. The predicted octanol–water partition coefficient (Wildman–Crippen LogP) is 1.99. The third-order valence-electron chi connectivity index (χ3n) is 2.20. The zero-order chi connectivity index (χ0) is 11.4. The summed E-state index contributed by atoms with van der Waals surface area (Å²) in [6.45, 7) is 1.58. The third-order valence-corrected chi connectivity index (χ3v) is 2.20. The quantitative estimate of drug-likeness (QED) is 0.660. The Balaban J connectivity index is 2.94. The monoisotopic (exact) mass is 207 g/mol. The Hall–Kier alpha value is -1.84. The Kier molecular flexibility index (Phi) is 3.44. The second-order valence-corrected chi connectivity index (χ2v) is 3.42. The SMILES string of the molecule is CC(=N)C(CC(=O)O)c1ccc(O)cc1. The van der Waals surface area contributed by atoms with Gasteiger partial charge < -0.3 is 15.6 Å². The highest BCUT2D eigenvalue weighted by molar-refractivity contribution is 5.89. The van der Waals surface area contributed by atoms with Crippen LogP contribution < -0.4 is 0 Å². The molecule has 4 nitrogen and oxygen atoms in total. The van der Waals surface area contributed by atoms with E-state index in [2.05, 4.69) is 0 Å². The molecule has 0 aromatic heterocycles. The minimum atomic E-state index is -0.931. The maximum atomic E-state index is 10.6. The van der Waals surface area contributed by atoms with E-state index in [1.165, 1.54) is 12.1 Å². The Bertz CT molecular complexity index is 370. The van der Waals surface area contributed by atoms with Crippen molar-refractivity contribution in [3.63, 3.8) is 0 Å². The number of rotatable bonds is 4. The lowest BCUT2D eigenvalue weighted by Gasteiger charge is -2.13. The van der Waals surface area contributed by atoms with E-state index in [1.807, 2.05) is 0 Å². The summed E-state index contributed by atoms with van der Waals surface area (Å²) in [5.41, 5.74) is 1.05. The largest absolute Gasteiger partial charge is 0.508 e. The molecule has 1 aromatic carbocycles. The number of benzene rings is 1. The summed E-state index contributed by atoms with van der Waals surface area (Å²) in [6, 6.07) is 6.27. The van der Waals surface area contributed by atoms with Gasteiger partial charge in [0.25, 0.3) is 0 Å². The van der Waals surface area contributed by atoms with Gasteiger partial charge in [0, 0.05) is 11.6 Å². The number of carboxylic acid groups (broad SMARTS) is 1. The molecule has 0 aliphatic heterocycles. The van der Waals surface area contributed by atoms with E-state index in [4.69, 9.17) is 15.6 Å². The number of aliphatic carboxylic acids is 1. The van der Waals surface area contributed by atoms with Gasteiger partial charge in [0.2, 0.25) is 0 Å². The molecule has 0 saturated heterocycles. The van der Waals surface area contributed by atoms with Gasteiger partial charge >= 0.3 is 5.97 Å². The number of hydrogen-bond donors (Lipinski definition) is 3. The Morgan fingerprint density at radius 3 is 2.33 bits per heavy atom. The molecule has 80 valence electrons. The summed E-state index contributed by atoms with van der Waals surface area (Å²) in [6.07, 6.45) is -0.0971. The van der Waals surface area contributed by atoms with Crippen molar-refractivity contribution in [2.75, 3.05) is 0 Å². The minimum absolute atomic E-state index is 0.0971. The van der Waals surface area contributed by atoms with Crippen LogP contribution in [0.3, 0.4) is 0 Å². The summed E-state index contributed by atoms with van der Waals surface area (Å²) < 4.78 is 0. The first kappa shape index (κ1) is 11.2. The first-order valence-electron chi connectivity index (χ1n) is 4.56. The second kappa shape index (κ2) is 4.59. The fourth-order valence-corrected chi connectivity index (χ4v) is 1.40. The molecule has 1 atom stereocenters. The Labute approximate surface area is 87.7 Å². The van der Waals surface area contributed by atoms with Crippen LogP contribution in [0.25, 0.3) is 0 Å². The van der Waals surface area contributed by atoms with Gasteiger partial charge in [-0.3, -0.25) is 4.79 Å². The average molecular weight is 207 g/mol. The first-order valence-corrected chi connectivity index (χ1v) is 4.56. The molecule has 1 unspecified atom stereocenters. The van der Waals surface area contributed by atoms with Crippen molar-refractivity contribution < 1.29 is 15.0 Å². The molecule has 4 heteroatoms. The van der Waals surface area contributed by atoms with E-state index >= 15 is 0 Å². The van der Waals surface area contributed by atoms with Crippen molar-refractivity contribution in [1.29, 1.82) is 5.41 Å². The molecule has 15 heavy (non-hydrogen) atoms. The molecular formula is C11H13NO3. The third kappa shape index (κ3) is 3.09. The second-order valence-electron chi connectivity index (χ2n) is 3.42. The zero-order valence-corrected chi connectivity index (χ0v) is 8.40. The lowest BCUT2D eigenvalue weighted by Crippen LogP contribution is -2.13. The average Bonchev–Trinajstić information content (AvgIpc) is 2.15. The number of phenols is 1. The van der Waals surface area contributed by atoms with Crippen LogP contribution >= 0.6 is 0 Å². The highest BCUT2D eigenvalue weighted by atomic mass is 16.4. The fourth-order valence-electron chi connectivity index (χ4n) is 1.40. The molecule has 3 N–H and O–H groups in total. The number of phenolic OH excluding ortho intramolecular Hbond substituents is 1. The molecule has 0 saturated carbocycles. The molecule has 0 radical (unpaired) electrons. The summed E-state index contributed by atoms with van der Waals surface area (Å²) in [7, 11) is 0. The molecular weight excluding hydrogens is 194 g/mol. The topological polar surface area (TPSA) is 81.4 Å². The summed E-state index contributed by atoms with van der Waals surface area (Å²) in [4.78, 5) is 10.6. The Morgan fingerprint density at radius 2 is 1.93 bits per heavy atom. The number of carboxylic acids is 1. The van der Waals surface area contributed by atoms with Crippen molar-refractivity contribution >= 4 is 11.7 Å². The van der Waals surface area contributed by atoms with Crippen LogP contribution in [0.15, 0.2) is 24.3 Å². The van der Waals surface area contributed by atoms with E-state index in [1.54, 1.807) is 19.1 Å². The predicted molar refractivity (Wildman–Crippen MR) is 56.5 cm³/mol. The summed E-state index contributed by atoms with van der Waals surface area (Å²) >= 11 is 0. The maximum Gasteiger partial charge on any atom is 0.304 e. The first-order chi connectivity index (χ1) is 7.00. The van der Waals surface area contributed by atoms with E-state index in [0.717, 1.165) is 5.56 Å². The van der Waals surface area contributed by atoms with Gasteiger partial charge in [-0.25, -0.2) is 0 Å². The van der Waals surface area contributed by atoms with Crippen molar-refractivity contribution in [1.82, 2.24) is 0 Å². The van der Waals surface area contributed by atoms with Crippen LogP contribution in [0.4, 0.5) is 0 Å². The van der Waals surface area contributed by atoms with Crippen molar-refractivity contribution in [2.45, 2.75) is 19.3 Å². The van der Waals surface area contributed by atoms with E-state index in [9.17, 15) is 4.79 Å². The lowest BCUT2D eigenvalue weighted by atomic mass is 9.92. The van der Waals surface area contributed by atoms with Crippen molar-refractivity contribution in [3.8, 4) is 5.75 Å². The van der Waals surface area contributed by atoms with E-state index in [0.29, 0.717) is 5.71 Å². The highest BCUT2D eigenvalue weighted by Gasteiger charge is 2.17. The normalized spacial score (nSPS) is 12.1. The molecule has 0 amide bonds. The number of nitrogens with one attached hydrogen (secondary N) is 1. The highest BCUT2D eigenvalue weighted by Crippen LogP contribution is 2.22. The van der Waals surface area contributed by atoms with Gasteiger partial charge in [0.15, 0.2) is 0 Å². The Morgan fingerprint density at radius 1 is 1.40 bits per heavy atom. The summed E-state index contributed by atoms with van der Waals surface area (Å²) in [5, 5.41) is 25.3. The van der Waals surface area contributed by atoms with Crippen LogP contribution in [0.2, 0.25) is 0 Å². The number of hydrogen-bond acceptors (Lipinski definition) is 3. The number of carbonyl (C=O) groups is 1. The molecule has 1 rings (SSSR count). The van der Waals surface area contributed by atoms with Crippen molar-refractivity contribution in [3.05, 3.63) is 29.8 Å². The van der Waals surface area contributed by atoms with Gasteiger partial charge in [-0.2, -0.15) is 0 Å². The van der Waals surface area contributed by atoms with Gasteiger partial charge in [0.05, 0.1) is 6.42 Å². The van der Waals surface area contributed by atoms with Crippen LogP contribution in [0, 0.1) is 5.41 Å². The van der Waals surface area contributed by atoms with Gasteiger partial charge in [0.1, 0.15) is 5.75 Å². The molecule has 0 bridgehead atoms. The van der Waals surface area contributed by atoms with E-state index in [-0.39, 0.29) is 12.2 Å². The summed E-state index contributed by atoms with van der Waals surface area (Å²) in [5.74, 6) is -1.21. The van der Waals surface area contributed by atoms with Crippen LogP contribution in [0.1, 0.15) is 24.8 Å². The van der Waals surface area contributed by atoms with E-state index < -0.39 is 11.9 Å². The van der Waals surface area contributed by atoms with Crippen LogP contribution in [-0.2, 0) is 4.79 Å². The maximum absolute atomic E-state index is 10.6. The van der Waals surface area contributed by atoms with Gasteiger partial charge in [-0.15, -0.1) is 0 Å². The number of aromatic hydroxyl groups is 1. The molecule has 0 spiro atoms. The van der Waals surface area contributed by atoms with Crippen molar-refractivity contribution in [2.24, 2.45) is 0 Å². The fraction of sp³-hybridized carbons (Fsp3) is 0.273. The molecule has 0 fully saturated rings. The smallest absolute Gasteiger partial charge is 0.304 e. The van der Waals surface area contributed by atoms with Gasteiger partial charge in [-0.05, 0) is 24.6 Å². The molecule has 0 aliphatic rings. The molecule has 0 heterocycles. The molecule has 1 aromatic rings. The van der Waals surface area contributed by atoms with Crippen LogP contribution in [0.5, 0.6) is 5.75 Å². The van der Waals surface area contributed by atoms with Crippen LogP contribution in [-0.4, -0.2) is 21.9 Å². The minimum Gasteiger partial charge on any atom is -0.508 e. The standard InChI is InChI=1S/C11H13NO3/c1-7(12)10(6-11(14)15)8-2-4-9(13)5-3-8/h2-5,10,12-13H,6H2,1H3,(H,14,15). The van der Waals surface area contributed by atoms with Gasteiger partial charge in [-0.1, -0.05) is 12.1 Å².